The number of anilines is 2. The Morgan fingerprint density at radius 1 is 1.25 bits per heavy atom. The maximum atomic E-state index is 11.7. The van der Waals surface area contributed by atoms with E-state index >= 15 is 0 Å². The van der Waals surface area contributed by atoms with E-state index in [2.05, 4.69) is 15.3 Å². The molecular formula is C18H22N4O2. The van der Waals surface area contributed by atoms with Crippen LogP contribution in [-0.2, 0) is 4.74 Å². The molecule has 0 aliphatic heterocycles. The number of hydrogen-bond donors (Lipinski definition) is 2. The molecule has 0 radical (unpaired) electrons. The molecule has 0 aromatic carbocycles. The minimum atomic E-state index is -0.431. The number of nitrogens with one attached hydrogen (secondary N) is 1. The number of ether oxygens (including phenoxy) is 1. The number of methoxy groups -OCH3 is 1. The monoisotopic (exact) mass is 326 g/mol. The second kappa shape index (κ2) is 7.29. The van der Waals surface area contributed by atoms with Crippen LogP contribution in [0.25, 0.3) is 11.3 Å². The Bertz CT molecular complexity index is 727. The van der Waals surface area contributed by atoms with E-state index in [1.54, 1.807) is 12.3 Å². The molecule has 0 saturated heterocycles. The number of carbonyl (C=O) groups is 1. The van der Waals surface area contributed by atoms with E-state index < -0.39 is 5.97 Å². The number of hydrogen-bond acceptors (Lipinski definition) is 6. The lowest BCUT2D eigenvalue weighted by atomic mass is 9.95. The van der Waals surface area contributed by atoms with Crippen LogP contribution in [0.2, 0.25) is 0 Å². The first-order valence-corrected chi connectivity index (χ1v) is 8.24. The summed E-state index contributed by atoms with van der Waals surface area (Å²) >= 11 is 0. The summed E-state index contributed by atoms with van der Waals surface area (Å²) in [6, 6.07) is 7.47. The van der Waals surface area contributed by atoms with Gasteiger partial charge in [-0.2, -0.15) is 0 Å². The van der Waals surface area contributed by atoms with E-state index in [-0.39, 0.29) is 5.82 Å². The van der Waals surface area contributed by atoms with Gasteiger partial charge in [0.05, 0.1) is 18.4 Å². The molecule has 2 aromatic heterocycles. The van der Waals surface area contributed by atoms with Crippen LogP contribution in [0.3, 0.4) is 0 Å². The van der Waals surface area contributed by atoms with E-state index in [1.807, 2.05) is 12.1 Å². The molecule has 1 fully saturated rings. The minimum Gasteiger partial charge on any atom is -0.465 e. The van der Waals surface area contributed by atoms with Gasteiger partial charge in [0.2, 0.25) is 0 Å². The molecule has 126 valence electrons. The van der Waals surface area contributed by atoms with Crippen molar-refractivity contribution in [2.45, 2.75) is 38.1 Å². The number of nitrogen functional groups attached to an aromatic ring is 1. The molecule has 0 bridgehead atoms. The lowest BCUT2D eigenvalue weighted by molar-refractivity contribution is 0.0600. The number of aromatic nitrogens is 2. The Labute approximate surface area is 141 Å². The molecule has 1 saturated carbocycles. The summed E-state index contributed by atoms with van der Waals surface area (Å²) in [4.78, 5) is 20.5. The number of nitrogens with zero attached hydrogens (tertiary/aromatic N) is 2. The van der Waals surface area contributed by atoms with E-state index in [9.17, 15) is 4.79 Å². The Balaban J connectivity index is 1.85. The molecule has 6 heteroatoms. The van der Waals surface area contributed by atoms with Crippen molar-refractivity contribution in [2.75, 3.05) is 18.2 Å². The average Bonchev–Trinajstić information content (AvgIpc) is 2.61. The first-order chi connectivity index (χ1) is 11.7. The highest BCUT2D eigenvalue weighted by atomic mass is 16.5. The summed E-state index contributed by atoms with van der Waals surface area (Å²) < 4.78 is 4.76. The van der Waals surface area contributed by atoms with Crippen LogP contribution in [0.4, 0.5) is 11.6 Å². The number of rotatable bonds is 4. The Morgan fingerprint density at radius 2 is 2.04 bits per heavy atom. The summed E-state index contributed by atoms with van der Waals surface area (Å²) in [6.45, 7) is 0. The number of esters is 1. The topological polar surface area (TPSA) is 90.1 Å². The van der Waals surface area contributed by atoms with Crippen molar-refractivity contribution < 1.29 is 9.53 Å². The molecule has 1 aliphatic rings. The summed E-state index contributed by atoms with van der Waals surface area (Å²) in [5.74, 6) is 0.676. The molecule has 0 unspecified atom stereocenters. The smallest absolute Gasteiger partial charge is 0.338 e. The van der Waals surface area contributed by atoms with Gasteiger partial charge < -0.3 is 15.8 Å². The first-order valence-electron chi connectivity index (χ1n) is 8.24. The zero-order chi connectivity index (χ0) is 16.9. The van der Waals surface area contributed by atoms with Crippen molar-refractivity contribution in [3.63, 3.8) is 0 Å². The van der Waals surface area contributed by atoms with Crippen molar-refractivity contribution in [1.29, 1.82) is 0 Å². The largest absolute Gasteiger partial charge is 0.465 e. The van der Waals surface area contributed by atoms with Crippen LogP contribution in [0.15, 0.2) is 30.5 Å². The first kappa shape index (κ1) is 16.2. The van der Waals surface area contributed by atoms with Gasteiger partial charge in [-0.05, 0) is 37.1 Å². The molecule has 3 N–H and O–H groups in total. The third-order valence-electron chi connectivity index (χ3n) is 4.28. The molecule has 6 nitrogen and oxygen atoms in total. The number of nitrogens with two attached hydrogens (primary N) is 1. The maximum Gasteiger partial charge on any atom is 0.338 e. The van der Waals surface area contributed by atoms with Gasteiger partial charge in [0.15, 0.2) is 0 Å². The fourth-order valence-electron chi connectivity index (χ4n) is 3.06. The highest BCUT2D eigenvalue weighted by molar-refractivity contribution is 5.91. The van der Waals surface area contributed by atoms with Crippen molar-refractivity contribution in [3.8, 4) is 11.3 Å². The second-order valence-corrected chi connectivity index (χ2v) is 6.07. The van der Waals surface area contributed by atoms with Crippen LogP contribution >= 0.6 is 0 Å². The number of carbonyl (C=O) groups excluding carboxylic acids is 1. The second-order valence-electron chi connectivity index (χ2n) is 6.07. The number of pyridine rings is 2. The van der Waals surface area contributed by atoms with E-state index in [1.165, 1.54) is 45.3 Å². The molecule has 2 aromatic rings. The molecule has 0 atom stereocenters. The highest BCUT2D eigenvalue weighted by Gasteiger charge is 2.14. The lowest BCUT2D eigenvalue weighted by Gasteiger charge is -2.23. The van der Waals surface area contributed by atoms with E-state index in [4.69, 9.17) is 10.5 Å². The maximum absolute atomic E-state index is 11.7. The zero-order valence-electron chi connectivity index (χ0n) is 13.8. The molecule has 3 rings (SSSR count). The third kappa shape index (κ3) is 3.82. The van der Waals surface area contributed by atoms with Crippen molar-refractivity contribution >= 4 is 17.6 Å². The molecular weight excluding hydrogens is 304 g/mol. The fraction of sp³-hybridized carbons (Fsp3) is 0.389. The van der Waals surface area contributed by atoms with Crippen LogP contribution in [-0.4, -0.2) is 29.1 Å². The van der Waals surface area contributed by atoms with Crippen LogP contribution in [0.1, 0.15) is 42.5 Å². The van der Waals surface area contributed by atoms with Crippen molar-refractivity contribution in [1.82, 2.24) is 9.97 Å². The predicted molar refractivity (Wildman–Crippen MR) is 93.7 cm³/mol. The van der Waals surface area contributed by atoms with Gasteiger partial charge in [-0.25, -0.2) is 14.8 Å². The average molecular weight is 326 g/mol. The minimum absolute atomic E-state index is 0.284. The molecule has 24 heavy (non-hydrogen) atoms. The van der Waals surface area contributed by atoms with Gasteiger partial charge >= 0.3 is 5.97 Å². The Morgan fingerprint density at radius 3 is 2.79 bits per heavy atom. The molecule has 0 spiro atoms. The normalized spacial score (nSPS) is 15.0. The van der Waals surface area contributed by atoms with Gasteiger partial charge in [0, 0.05) is 17.8 Å². The summed E-state index contributed by atoms with van der Waals surface area (Å²) in [5.41, 5.74) is 7.71. The van der Waals surface area contributed by atoms with E-state index in [0.717, 1.165) is 11.4 Å². The molecule has 1 aliphatic carbocycles. The summed E-state index contributed by atoms with van der Waals surface area (Å²) in [7, 11) is 1.34. The SMILES string of the molecule is COC(=O)c1cc(N)nc(-c2ccnc(NC3CCCCC3)c2)c1. The molecule has 2 heterocycles. The van der Waals surface area contributed by atoms with Gasteiger partial charge in [0.25, 0.3) is 0 Å². The lowest BCUT2D eigenvalue weighted by Crippen LogP contribution is -2.22. The predicted octanol–water partition coefficient (Wildman–Crippen LogP) is 3.26. The standard InChI is InChI=1S/C18H22N4O2/c1-24-18(23)13-9-15(22-16(19)10-13)12-7-8-20-17(11-12)21-14-5-3-2-4-6-14/h7-11,14H,2-6H2,1H3,(H2,19,22)(H,20,21). The third-order valence-corrected chi connectivity index (χ3v) is 4.28. The van der Waals surface area contributed by atoms with Crippen LogP contribution < -0.4 is 11.1 Å². The summed E-state index contributed by atoms with van der Waals surface area (Å²) in [5, 5.41) is 3.49. The van der Waals surface area contributed by atoms with Crippen LogP contribution in [0.5, 0.6) is 0 Å². The van der Waals surface area contributed by atoms with Crippen molar-refractivity contribution in [2.24, 2.45) is 0 Å². The quantitative estimate of drug-likeness (QED) is 0.838. The molecule has 0 amide bonds. The Hall–Kier alpha value is -2.63. The summed E-state index contributed by atoms with van der Waals surface area (Å²) in [6.07, 6.45) is 7.93. The van der Waals surface area contributed by atoms with Gasteiger partial charge in [-0.15, -0.1) is 0 Å². The zero-order valence-corrected chi connectivity index (χ0v) is 13.8. The van der Waals surface area contributed by atoms with Gasteiger partial charge in [0.1, 0.15) is 11.6 Å². The van der Waals surface area contributed by atoms with E-state index in [0.29, 0.717) is 17.3 Å². The Kier molecular flexibility index (Phi) is 4.93. The van der Waals surface area contributed by atoms with Gasteiger partial charge in [-0.1, -0.05) is 19.3 Å². The fourth-order valence-corrected chi connectivity index (χ4v) is 3.06. The van der Waals surface area contributed by atoms with Crippen LogP contribution in [0, 0.1) is 0 Å². The van der Waals surface area contributed by atoms with Crippen molar-refractivity contribution in [3.05, 3.63) is 36.0 Å². The highest BCUT2D eigenvalue weighted by Crippen LogP contribution is 2.25. The van der Waals surface area contributed by atoms with Gasteiger partial charge in [-0.3, -0.25) is 0 Å².